The normalized spacial score (nSPS) is 12.6. The van der Waals surface area contributed by atoms with Crippen molar-refractivity contribution in [2.45, 2.75) is 0 Å². The van der Waals surface area contributed by atoms with Gasteiger partial charge in [0.1, 0.15) is 6.67 Å². The van der Waals surface area contributed by atoms with Gasteiger partial charge in [0.15, 0.2) is 11.6 Å². The topological polar surface area (TPSA) is 32.3 Å². The van der Waals surface area contributed by atoms with Crippen LogP contribution in [0.5, 0.6) is 0 Å². The molecule has 6 rings (SSSR count). The van der Waals surface area contributed by atoms with Gasteiger partial charge in [0.05, 0.1) is 11.4 Å². The third-order valence-electron chi connectivity index (χ3n) is 5.88. The van der Waals surface area contributed by atoms with E-state index in [1.54, 1.807) is 0 Å². The van der Waals surface area contributed by atoms with E-state index in [9.17, 15) is 0 Å². The Morgan fingerprint density at radius 3 is 1.12 bits per heavy atom. The second kappa shape index (κ2) is 8.24. The molecule has 4 heteroatoms. The molecule has 0 radical (unpaired) electrons. The molecule has 5 aromatic rings. The van der Waals surface area contributed by atoms with Gasteiger partial charge < -0.3 is 9.80 Å². The summed E-state index contributed by atoms with van der Waals surface area (Å²) in [5, 5.41) is 0. The van der Waals surface area contributed by atoms with Crippen LogP contribution in [0.2, 0.25) is 0 Å². The fourth-order valence-corrected chi connectivity index (χ4v) is 4.27. The lowest BCUT2D eigenvalue weighted by molar-refractivity contribution is 0.976. The molecule has 4 nitrogen and oxygen atoms in total. The van der Waals surface area contributed by atoms with E-state index in [1.807, 2.05) is 48.5 Å². The van der Waals surface area contributed by atoms with Crippen LogP contribution in [0.4, 0.5) is 23.0 Å². The van der Waals surface area contributed by atoms with E-state index in [0.717, 1.165) is 45.5 Å². The molecule has 0 N–H and O–H groups in total. The number of hydrogen-bond donors (Lipinski definition) is 0. The Bertz CT molecular complexity index is 1260. The van der Waals surface area contributed by atoms with Crippen molar-refractivity contribution >= 4 is 23.0 Å². The predicted octanol–water partition coefficient (Wildman–Crippen LogP) is 7.06. The van der Waals surface area contributed by atoms with E-state index < -0.39 is 0 Å². The van der Waals surface area contributed by atoms with Crippen molar-refractivity contribution in [1.82, 2.24) is 9.97 Å². The van der Waals surface area contributed by atoms with Crippen molar-refractivity contribution in [1.29, 1.82) is 0 Å². The molecule has 0 amide bonds. The molecule has 2 heterocycles. The van der Waals surface area contributed by atoms with Crippen molar-refractivity contribution in [2.24, 2.45) is 0 Å². The van der Waals surface area contributed by atoms with Gasteiger partial charge in [-0.3, -0.25) is 0 Å². The fraction of sp³-hybridized carbons (Fsp3) is 0.0345. The van der Waals surface area contributed by atoms with Crippen LogP contribution in [0.25, 0.3) is 22.5 Å². The van der Waals surface area contributed by atoms with Crippen molar-refractivity contribution < 1.29 is 0 Å². The molecule has 0 atom stereocenters. The van der Waals surface area contributed by atoms with Gasteiger partial charge in [-0.15, -0.1) is 0 Å². The molecule has 0 fully saturated rings. The Kier molecular flexibility index (Phi) is 4.81. The molecule has 0 bridgehead atoms. The number of para-hydroxylation sites is 2. The van der Waals surface area contributed by atoms with Crippen molar-refractivity contribution in [3.05, 3.63) is 121 Å². The summed E-state index contributed by atoms with van der Waals surface area (Å²) in [6.45, 7) is 0.649. The van der Waals surface area contributed by atoms with Crippen LogP contribution in [0.3, 0.4) is 0 Å². The highest BCUT2D eigenvalue weighted by Gasteiger charge is 2.33. The molecule has 4 aromatic carbocycles. The van der Waals surface area contributed by atoms with Crippen molar-refractivity contribution in [3.8, 4) is 22.5 Å². The highest BCUT2D eigenvalue weighted by atomic mass is 15.4. The van der Waals surface area contributed by atoms with Gasteiger partial charge in [-0.05, 0) is 24.3 Å². The maximum absolute atomic E-state index is 5.26. The summed E-state index contributed by atoms with van der Waals surface area (Å²) in [6, 6.07) is 41.4. The Hall–Kier alpha value is -4.44. The quantitative estimate of drug-likeness (QED) is 0.308. The van der Waals surface area contributed by atoms with Gasteiger partial charge >= 0.3 is 0 Å². The maximum Gasteiger partial charge on any atom is 0.179 e. The number of anilines is 4. The Labute approximate surface area is 193 Å². The first-order valence-electron chi connectivity index (χ1n) is 11.1. The molecule has 0 unspecified atom stereocenters. The molecule has 0 saturated carbocycles. The minimum absolute atomic E-state index is 0.649. The molecule has 1 aliphatic heterocycles. The van der Waals surface area contributed by atoms with Crippen LogP contribution >= 0.6 is 0 Å². The lowest BCUT2D eigenvalue weighted by Gasteiger charge is -2.20. The monoisotopic (exact) mass is 426 g/mol. The number of benzene rings is 4. The van der Waals surface area contributed by atoms with E-state index in [2.05, 4.69) is 82.6 Å². The van der Waals surface area contributed by atoms with Gasteiger partial charge in [-0.1, -0.05) is 97.1 Å². The Morgan fingerprint density at radius 2 is 0.758 bits per heavy atom. The first kappa shape index (κ1) is 19.3. The summed E-state index contributed by atoms with van der Waals surface area (Å²) in [4.78, 5) is 15.0. The molecule has 1 aliphatic rings. The third kappa shape index (κ3) is 3.52. The number of fused-ring (bicyclic) bond motifs is 1. The zero-order valence-corrected chi connectivity index (χ0v) is 18.0. The van der Waals surface area contributed by atoms with Crippen LogP contribution in [0.1, 0.15) is 0 Å². The number of hydrogen-bond acceptors (Lipinski definition) is 4. The summed E-state index contributed by atoms with van der Waals surface area (Å²) < 4.78 is 0. The van der Waals surface area contributed by atoms with Gasteiger partial charge in [0.2, 0.25) is 0 Å². The van der Waals surface area contributed by atoms with Crippen LogP contribution in [-0.4, -0.2) is 16.6 Å². The van der Waals surface area contributed by atoms with Crippen LogP contribution < -0.4 is 9.80 Å². The van der Waals surface area contributed by atoms with Gasteiger partial charge in [0.25, 0.3) is 0 Å². The van der Waals surface area contributed by atoms with Crippen molar-refractivity contribution in [2.75, 3.05) is 16.5 Å². The predicted molar refractivity (Wildman–Crippen MR) is 135 cm³/mol. The molecule has 0 saturated heterocycles. The highest BCUT2D eigenvalue weighted by Crippen LogP contribution is 2.44. The Balaban J connectivity index is 1.61. The lowest BCUT2D eigenvalue weighted by atomic mass is 10.0. The lowest BCUT2D eigenvalue weighted by Crippen LogP contribution is -2.24. The summed E-state index contributed by atoms with van der Waals surface area (Å²) in [5.74, 6) is 1.73. The molecular formula is C29H22N4. The number of rotatable bonds is 4. The minimum Gasteiger partial charge on any atom is -0.305 e. The smallest absolute Gasteiger partial charge is 0.179 e. The molecule has 0 aliphatic carbocycles. The number of nitrogens with zero attached hydrogens (tertiary/aromatic N) is 4. The maximum atomic E-state index is 5.26. The average molecular weight is 427 g/mol. The van der Waals surface area contributed by atoms with E-state index in [-0.39, 0.29) is 0 Å². The first-order valence-corrected chi connectivity index (χ1v) is 11.1. The average Bonchev–Trinajstić information content (AvgIpc) is 3.29. The second-order valence-electron chi connectivity index (χ2n) is 7.97. The van der Waals surface area contributed by atoms with E-state index in [4.69, 9.17) is 9.97 Å². The van der Waals surface area contributed by atoms with Gasteiger partial charge in [-0.2, -0.15) is 0 Å². The largest absolute Gasteiger partial charge is 0.305 e. The van der Waals surface area contributed by atoms with Gasteiger partial charge in [0, 0.05) is 22.5 Å². The first-order chi connectivity index (χ1) is 16.4. The third-order valence-corrected chi connectivity index (χ3v) is 5.88. The number of aromatic nitrogens is 2. The Morgan fingerprint density at radius 1 is 0.424 bits per heavy atom. The summed E-state index contributed by atoms with van der Waals surface area (Å²) in [6.07, 6.45) is 0. The zero-order valence-electron chi connectivity index (χ0n) is 18.0. The fourth-order valence-electron chi connectivity index (χ4n) is 4.27. The van der Waals surface area contributed by atoms with E-state index in [1.165, 1.54) is 0 Å². The molecule has 1 aromatic heterocycles. The van der Waals surface area contributed by atoms with Crippen molar-refractivity contribution in [3.63, 3.8) is 0 Å². The highest BCUT2D eigenvalue weighted by molar-refractivity contribution is 5.88. The SMILES string of the molecule is c1ccc(-c2nc3c(nc2-c2ccccc2)N(c2ccccc2)CN3c2ccccc2)cc1. The molecule has 158 valence electrons. The molecule has 0 spiro atoms. The van der Waals surface area contributed by atoms with Crippen LogP contribution in [0.15, 0.2) is 121 Å². The molecular weight excluding hydrogens is 404 g/mol. The van der Waals surface area contributed by atoms with Crippen LogP contribution in [0, 0.1) is 0 Å². The van der Waals surface area contributed by atoms with Crippen LogP contribution in [-0.2, 0) is 0 Å². The van der Waals surface area contributed by atoms with E-state index >= 15 is 0 Å². The molecule has 33 heavy (non-hydrogen) atoms. The second-order valence-corrected chi connectivity index (χ2v) is 7.97. The zero-order chi connectivity index (χ0) is 22.0. The minimum atomic E-state index is 0.649. The van der Waals surface area contributed by atoms with Gasteiger partial charge in [-0.25, -0.2) is 9.97 Å². The standard InChI is InChI=1S/C29H22N4/c1-5-13-22(14-6-1)26-27(23-15-7-2-8-16-23)31-29-28(30-26)32(24-17-9-3-10-18-24)21-33(29)25-19-11-4-12-20-25/h1-20H,21H2. The summed E-state index contributed by atoms with van der Waals surface area (Å²) >= 11 is 0. The van der Waals surface area contributed by atoms with E-state index in [0.29, 0.717) is 6.67 Å². The summed E-state index contributed by atoms with van der Waals surface area (Å²) in [7, 11) is 0. The summed E-state index contributed by atoms with van der Waals surface area (Å²) in [5.41, 5.74) is 6.07.